The van der Waals surface area contributed by atoms with Gasteiger partial charge in [0.15, 0.2) is 0 Å². The largest absolute Gasteiger partial charge is 0.397 e. The highest BCUT2D eigenvalue weighted by atomic mass is 16.2. The third kappa shape index (κ3) is 16.8. The lowest BCUT2D eigenvalue weighted by Crippen LogP contribution is -2.24. The van der Waals surface area contributed by atoms with Crippen LogP contribution in [-0.2, 0) is 17.9 Å². The van der Waals surface area contributed by atoms with Crippen LogP contribution in [0.2, 0.25) is 0 Å². The number of allylic oxidation sites excluding steroid dienone is 3. The fourth-order valence-corrected chi connectivity index (χ4v) is 2.44. The highest BCUT2D eigenvalue weighted by Crippen LogP contribution is 2.07. The molecule has 0 aromatic heterocycles. The van der Waals surface area contributed by atoms with E-state index in [1.165, 1.54) is 12.5 Å². The van der Waals surface area contributed by atoms with E-state index in [2.05, 4.69) is 31.1 Å². The van der Waals surface area contributed by atoms with Crippen LogP contribution in [0.4, 0.5) is 0 Å². The van der Waals surface area contributed by atoms with E-state index in [1.807, 2.05) is 69.3 Å². The van der Waals surface area contributed by atoms with Gasteiger partial charge < -0.3 is 15.7 Å². The van der Waals surface area contributed by atoms with Gasteiger partial charge in [0.25, 0.3) is 11.8 Å². The zero-order valence-corrected chi connectivity index (χ0v) is 22.3. The summed E-state index contributed by atoms with van der Waals surface area (Å²) in [5, 5.41) is 13.3. The smallest absolute Gasteiger partial charge is 0.251 e. The first-order valence-electron chi connectivity index (χ1n) is 12.2. The first kappa shape index (κ1) is 33.7. The molecule has 0 saturated heterocycles. The molecule has 0 saturated carbocycles. The molecule has 0 unspecified atom stereocenters. The van der Waals surface area contributed by atoms with Crippen molar-refractivity contribution in [1.29, 1.82) is 0 Å². The minimum absolute atomic E-state index is 0.112. The van der Waals surface area contributed by atoms with Crippen LogP contribution in [0.25, 0.3) is 0 Å². The lowest BCUT2D eigenvalue weighted by atomic mass is 10.1. The number of nitrogens with one attached hydrogen (secondary N) is 2. The van der Waals surface area contributed by atoms with Gasteiger partial charge in [-0.25, -0.2) is 0 Å². The number of carbonyl (C=O) groups is 2. The van der Waals surface area contributed by atoms with Gasteiger partial charge in [0, 0.05) is 30.8 Å². The molecule has 0 radical (unpaired) electrons. The van der Waals surface area contributed by atoms with E-state index in [9.17, 15) is 9.59 Å². The minimum Gasteiger partial charge on any atom is -0.397 e. The van der Waals surface area contributed by atoms with E-state index in [4.69, 9.17) is 5.11 Å². The van der Waals surface area contributed by atoms with Gasteiger partial charge in [0.1, 0.15) is 0 Å². The second kappa shape index (κ2) is 23.7. The summed E-state index contributed by atoms with van der Waals surface area (Å²) in [7, 11) is 0. The van der Waals surface area contributed by atoms with Crippen molar-refractivity contribution in [3.63, 3.8) is 0 Å². The van der Waals surface area contributed by atoms with Crippen LogP contribution in [0.15, 0.2) is 91.1 Å². The second-order valence-corrected chi connectivity index (χ2v) is 6.93. The topological polar surface area (TPSA) is 78.4 Å². The third-order valence-electron chi connectivity index (χ3n) is 3.88. The summed E-state index contributed by atoms with van der Waals surface area (Å²) in [4.78, 5) is 24.3. The number of carbonyl (C=O) groups excluding carboxylic acids is 2. The van der Waals surface area contributed by atoms with Crippen LogP contribution in [-0.4, -0.2) is 23.5 Å². The molecular weight excluding hydrogens is 436 g/mol. The molecule has 35 heavy (non-hydrogen) atoms. The zero-order valence-electron chi connectivity index (χ0n) is 22.3. The normalized spacial score (nSPS) is 9.86. The summed E-state index contributed by atoms with van der Waals surface area (Å²) in [6.45, 7) is 16.6. The van der Waals surface area contributed by atoms with Crippen molar-refractivity contribution in [2.24, 2.45) is 0 Å². The Morgan fingerprint density at radius 1 is 0.914 bits per heavy atom. The number of aliphatic hydroxyl groups is 1. The summed E-state index contributed by atoms with van der Waals surface area (Å²) in [5.74, 6) is -0.287. The van der Waals surface area contributed by atoms with E-state index in [0.29, 0.717) is 24.2 Å². The maximum absolute atomic E-state index is 12.2. The molecule has 0 aliphatic carbocycles. The van der Waals surface area contributed by atoms with Crippen LogP contribution < -0.4 is 10.6 Å². The van der Waals surface area contributed by atoms with Crippen LogP contribution in [0.3, 0.4) is 0 Å². The lowest BCUT2D eigenvalue weighted by Gasteiger charge is -2.09. The number of amides is 2. The Morgan fingerprint density at radius 2 is 1.43 bits per heavy atom. The van der Waals surface area contributed by atoms with Crippen molar-refractivity contribution < 1.29 is 14.7 Å². The van der Waals surface area contributed by atoms with E-state index < -0.39 is 0 Å². The predicted molar refractivity (Wildman–Crippen MR) is 149 cm³/mol. The maximum Gasteiger partial charge on any atom is 0.251 e. The summed E-state index contributed by atoms with van der Waals surface area (Å²) in [5.41, 5.74) is 3.08. The molecule has 0 atom stereocenters. The molecule has 2 aromatic rings. The quantitative estimate of drug-likeness (QED) is 0.304. The summed E-state index contributed by atoms with van der Waals surface area (Å²) >= 11 is 0. The lowest BCUT2D eigenvalue weighted by molar-refractivity contribution is -0.117. The predicted octanol–water partition coefficient (Wildman–Crippen LogP) is 6.36. The molecule has 2 aromatic carbocycles. The van der Waals surface area contributed by atoms with Gasteiger partial charge in [-0.3, -0.25) is 9.59 Å². The first-order valence-corrected chi connectivity index (χ1v) is 12.2. The van der Waals surface area contributed by atoms with Gasteiger partial charge >= 0.3 is 0 Å². The number of hydrogen-bond acceptors (Lipinski definition) is 3. The SMILES string of the molecule is C=C/C(=C\C=C/C)C(=O)NCc1cccc(CNC(=O)c2ccccc2)c1.CC.CCC.CCO. The van der Waals surface area contributed by atoms with Gasteiger partial charge in [-0.15, -0.1) is 0 Å². The first-order chi connectivity index (χ1) is 17.0. The fraction of sp³-hybridized carbons (Fsp3) is 0.333. The van der Waals surface area contributed by atoms with Crippen LogP contribution in [0.5, 0.6) is 0 Å². The van der Waals surface area contributed by atoms with Crippen LogP contribution in [0, 0.1) is 0 Å². The Labute approximate surface area is 212 Å². The molecular formula is C30H44N2O3. The molecule has 5 nitrogen and oxygen atoms in total. The molecule has 0 bridgehead atoms. The molecule has 2 rings (SSSR count). The number of rotatable bonds is 8. The highest BCUT2D eigenvalue weighted by Gasteiger charge is 2.06. The van der Waals surface area contributed by atoms with Gasteiger partial charge in [-0.05, 0) is 43.2 Å². The van der Waals surface area contributed by atoms with E-state index in [-0.39, 0.29) is 18.4 Å². The van der Waals surface area contributed by atoms with Crippen LogP contribution >= 0.6 is 0 Å². The van der Waals surface area contributed by atoms with Crippen LogP contribution in [0.1, 0.15) is 69.4 Å². The monoisotopic (exact) mass is 480 g/mol. The van der Waals surface area contributed by atoms with Gasteiger partial charge in [0.2, 0.25) is 0 Å². The number of benzene rings is 2. The second-order valence-electron chi connectivity index (χ2n) is 6.93. The van der Waals surface area contributed by atoms with E-state index >= 15 is 0 Å². The Morgan fingerprint density at radius 3 is 1.91 bits per heavy atom. The summed E-state index contributed by atoms with van der Waals surface area (Å²) < 4.78 is 0. The Kier molecular flexibility index (Phi) is 22.8. The molecule has 192 valence electrons. The molecule has 5 heteroatoms. The molecule has 0 aliphatic heterocycles. The molecule has 0 spiro atoms. The number of aliphatic hydroxyl groups excluding tert-OH is 1. The summed E-state index contributed by atoms with van der Waals surface area (Å²) in [6.07, 6.45) is 8.15. The Bertz CT molecular complexity index is 885. The minimum atomic E-state index is -0.175. The average molecular weight is 481 g/mol. The van der Waals surface area contributed by atoms with Crippen molar-refractivity contribution in [2.75, 3.05) is 6.61 Å². The average Bonchev–Trinajstić information content (AvgIpc) is 2.89. The third-order valence-corrected chi connectivity index (χ3v) is 3.88. The highest BCUT2D eigenvalue weighted by molar-refractivity contribution is 5.96. The Hall–Kier alpha value is -3.44. The molecule has 2 amide bonds. The fourth-order valence-electron chi connectivity index (χ4n) is 2.44. The summed E-state index contributed by atoms with van der Waals surface area (Å²) in [6, 6.07) is 16.9. The standard InChI is InChI=1S/C23H24N2O2.C3H8.C2H6O.C2H6/c1-3-5-12-20(4-2)22(26)24-16-18-10-9-11-19(15-18)17-25-23(27)21-13-7-6-8-14-21;1-3-2;1-2-3;1-2/h3-15H,2,16-17H2,1H3,(H,24,26)(H,25,27);3H2,1-2H3;3H,2H2,1H3;1-2H3/b5-3-,20-12+;;;. The van der Waals surface area contributed by atoms with Crippen molar-refractivity contribution >= 4 is 11.8 Å². The Balaban J connectivity index is 0. The molecule has 0 aliphatic rings. The molecule has 3 N–H and O–H groups in total. The molecule has 0 heterocycles. The number of hydrogen-bond donors (Lipinski definition) is 3. The van der Waals surface area contributed by atoms with Gasteiger partial charge in [0.05, 0.1) is 0 Å². The van der Waals surface area contributed by atoms with Gasteiger partial charge in [-0.2, -0.15) is 0 Å². The van der Waals surface area contributed by atoms with Crippen molar-refractivity contribution in [3.8, 4) is 0 Å². The van der Waals surface area contributed by atoms with Gasteiger partial charge in [-0.1, -0.05) is 101 Å². The van der Waals surface area contributed by atoms with Crippen molar-refractivity contribution in [2.45, 2.75) is 61.1 Å². The zero-order chi connectivity index (χ0) is 26.9. The molecule has 0 fully saturated rings. The van der Waals surface area contributed by atoms with Crippen molar-refractivity contribution in [3.05, 3.63) is 108 Å². The van der Waals surface area contributed by atoms with E-state index in [1.54, 1.807) is 31.2 Å². The van der Waals surface area contributed by atoms with E-state index in [0.717, 1.165) is 11.1 Å². The maximum atomic E-state index is 12.2. The van der Waals surface area contributed by atoms with Crippen molar-refractivity contribution in [1.82, 2.24) is 10.6 Å².